The second-order valence-electron chi connectivity index (χ2n) is 4.31. The summed E-state index contributed by atoms with van der Waals surface area (Å²) in [5.74, 6) is -1.12. The van der Waals surface area contributed by atoms with Gasteiger partial charge in [0.25, 0.3) is 0 Å². The lowest BCUT2D eigenvalue weighted by Gasteiger charge is -2.05. The Bertz CT molecular complexity index is 656. The number of aromatic hydroxyl groups is 1. The average Bonchev–Trinajstić information content (AvgIpc) is 2.53. The number of pyridine rings is 2. The molecule has 0 saturated heterocycles. The highest BCUT2D eigenvalue weighted by Gasteiger charge is 2.16. The smallest absolute Gasteiger partial charge is 0.305 e. The van der Waals surface area contributed by atoms with Crippen molar-refractivity contribution >= 4 is 11.8 Å². The molecule has 108 valence electrons. The minimum atomic E-state index is -0.479. The molecule has 21 heavy (non-hydrogen) atoms. The third-order valence-electron chi connectivity index (χ3n) is 2.88. The molecule has 0 radical (unpaired) electrons. The Kier molecular flexibility index (Phi) is 4.61. The van der Waals surface area contributed by atoms with Crippen LogP contribution in [0.4, 0.5) is 0 Å². The summed E-state index contributed by atoms with van der Waals surface area (Å²) in [7, 11) is 1.25. The first-order valence-corrected chi connectivity index (χ1v) is 6.32. The van der Waals surface area contributed by atoms with Gasteiger partial charge in [0.05, 0.1) is 19.2 Å². The Morgan fingerprint density at radius 3 is 2.67 bits per heavy atom. The average molecular weight is 286 g/mol. The number of ether oxygens (including phenoxy) is 1. The summed E-state index contributed by atoms with van der Waals surface area (Å²) in [5.41, 5.74) is 1.20. The Morgan fingerprint density at radius 1 is 1.24 bits per heavy atom. The molecule has 0 unspecified atom stereocenters. The largest absolute Gasteiger partial charge is 0.506 e. The Morgan fingerprint density at radius 2 is 2.05 bits per heavy atom. The molecular weight excluding hydrogens is 272 g/mol. The van der Waals surface area contributed by atoms with E-state index in [9.17, 15) is 14.7 Å². The van der Waals surface area contributed by atoms with E-state index in [0.29, 0.717) is 11.3 Å². The first kappa shape index (κ1) is 14.6. The molecule has 2 rings (SSSR count). The van der Waals surface area contributed by atoms with Crippen LogP contribution in [0.3, 0.4) is 0 Å². The molecule has 1 N–H and O–H groups in total. The zero-order valence-corrected chi connectivity index (χ0v) is 11.4. The van der Waals surface area contributed by atoms with E-state index >= 15 is 0 Å². The molecule has 0 aromatic carbocycles. The van der Waals surface area contributed by atoms with Gasteiger partial charge in [-0.1, -0.05) is 6.07 Å². The van der Waals surface area contributed by atoms with Gasteiger partial charge in [0, 0.05) is 24.4 Å². The van der Waals surface area contributed by atoms with Gasteiger partial charge in [-0.3, -0.25) is 14.6 Å². The van der Waals surface area contributed by atoms with Crippen LogP contribution in [-0.2, 0) is 9.53 Å². The number of nitrogens with zero attached hydrogens (tertiary/aromatic N) is 2. The molecular formula is C15H14N2O4. The highest BCUT2D eigenvalue weighted by atomic mass is 16.5. The summed E-state index contributed by atoms with van der Waals surface area (Å²) in [6, 6.07) is 6.80. The molecule has 2 aromatic heterocycles. The summed E-state index contributed by atoms with van der Waals surface area (Å²) in [6.45, 7) is 0. The Hall–Kier alpha value is -2.76. The van der Waals surface area contributed by atoms with Crippen molar-refractivity contribution in [2.45, 2.75) is 12.8 Å². The minimum Gasteiger partial charge on any atom is -0.506 e. The van der Waals surface area contributed by atoms with Gasteiger partial charge in [-0.25, -0.2) is 4.98 Å². The van der Waals surface area contributed by atoms with E-state index < -0.39 is 11.8 Å². The van der Waals surface area contributed by atoms with Crippen molar-refractivity contribution < 1.29 is 19.4 Å². The number of hydrogen-bond donors (Lipinski definition) is 1. The molecule has 0 bridgehead atoms. The first-order valence-electron chi connectivity index (χ1n) is 6.32. The number of carbonyl (C=O) groups excluding carboxylic acids is 2. The maximum absolute atomic E-state index is 11.9. The molecule has 6 nitrogen and oxygen atoms in total. The summed E-state index contributed by atoms with van der Waals surface area (Å²) >= 11 is 0. The van der Waals surface area contributed by atoms with Crippen LogP contribution >= 0.6 is 0 Å². The molecule has 2 aromatic rings. The number of ketones is 1. The van der Waals surface area contributed by atoms with E-state index in [4.69, 9.17) is 0 Å². The zero-order chi connectivity index (χ0) is 15.2. The van der Waals surface area contributed by atoms with E-state index in [1.807, 2.05) is 6.07 Å². The van der Waals surface area contributed by atoms with Crippen LogP contribution in [0.1, 0.15) is 23.3 Å². The van der Waals surface area contributed by atoms with Gasteiger partial charge in [0.1, 0.15) is 11.4 Å². The van der Waals surface area contributed by atoms with Crippen molar-refractivity contribution in [3.8, 4) is 17.0 Å². The van der Waals surface area contributed by atoms with Crippen LogP contribution in [-0.4, -0.2) is 33.9 Å². The molecule has 0 aliphatic carbocycles. The van der Waals surface area contributed by atoms with Gasteiger partial charge in [0.15, 0.2) is 5.78 Å². The maximum Gasteiger partial charge on any atom is 0.305 e. The van der Waals surface area contributed by atoms with Crippen molar-refractivity contribution in [2.75, 3.05) is 7.11 Å². The van der Waals surface area contributed by atoms with E-state index in [1.165, 1.54) is 19.4 Å². The quantitative estimate of drug-likeness (QED) is 0.667. The number of methoxy groups -OCH3 is 1. The molecule has 0 fully saturated rings. The van der Waals surface area contributed by atoms with Crippen molar-refractivity contribution in [2.24, 2.45) is 0 Å². The number of esters is 1. The fourth-order valence-corrected chi connectivity index (χ4v) is 1.78. The lowest BCUT2D eigenvalue weighted by atomic mass is 10.1. The molecule has 0 amide bonds. The first-order chi connectivity index (χ1) is 10.1. The second kappa shape index (κ2) is 6.60. The predicted molar refractivity (Wildman–Crippen MR) is 74.7 cm³/mol. The minimum absolute atomic E-state index is 0.0432. The molecule has 0 aliphatic rings. The van der Waals surface area contributed by atoms with Crippen molar-refractivity contribution in [1.29, 1.82) is 0 Å². The molecule has 6 heteroatoms. The summed E-state index contributed by atoms with van der Waals surface area (Å²) in [5, 5.41) is 9.92. The van der Waals surface area contributed by atoms with Crippen LogP contribution in [0.15, 0.2) is 36.7 Å². The van der Waals surface area contributed by atoms with Gasteiger partial charge in [-0.15, -0.1) is 0 Å². The molecule has 0 aliphatic heterocycles. The lowest BCUT2D eigenvalue weighted by Crippen LogP contribution is -2.07. The van der Waals surface area contributed by atoms with Crippen LogP contribution in [0.5, 0.6) is 5.75 Å². The van der Waals surface area contributed by atoms with E-state index in [0.717, 1.165) is 0 Å². The number of carbonyl (C=O) groups is 2. The van der Waals surface area contributed by atoms with Crippen LogP contribution in [0.25, 0.3) is 11.3 Å². The standard InChI is InChI=1S/C15H14N2O4/c1-21-14(20)6-5-12(18)15-13(19)8-10(9-17-15)11-4-2-3-7-16-11/h2-4,7-9,19H,5-6H2,1H3. The summed E-state index contributed by atoms with van der Waals surface area (Å²) in [4.78, 5) is 31.0. The van der Waals surface area contributed by atoms with Gasteiger partial charge in [0.2, 0.25) is 0 Å². The van der Waals surface area contributed by atoms with Crippen LogP contribution in [0.2, 0.25) is 0 Å². The van der Waals surface area contributed by atoms with Crippen molar-refractivity contribution in [3.63, 3.8) is 0 Å². The summed E-state index contributed by atoms with van der Waals surface area (Å²) in [6.07, 6.45) is 2.99. The molecule has 0 saturated carbocycles. The third-order valence-corrected chi connectivity index (χ3v) is 2.88. The highest BCUT2D eigenvalue weighted by Crippen LogP contribution is 2.24. The zero-order valence-electron chi connectivity index (χ0n) is 11.4. The van der Waals surface area contributed by atoms with Gasteiger partial charge >= 0.3 is 5.97 Å². The maximum atomic E-state index is 11.9. The Labute approximate surface area is 121 Å². The number of aromatic nitrogens is 2. The van der Waals surface area contributed by atoms with Gasteiger partial charge in [-0.05, 0) is 18.2 Å². The molecule has 2 heterocycles. The second-order valence-corrected chi connectivity index (χ2v) is 4.31. The molecule has 0 atom stereocenters. The third kappa shape index (κ3) is 3.62. The van der Waals surface area contributed by atoms with E-state index in [1.54, 1.807) is 18.3 Å². The monoisotopic (exact) mass is 286 g/mol. The van der Waals surface area contributed by atoms with E-state index in [-0.39, 0.29) is 24.3 Å². The lowest BCUT2D eigenvalue weighted by molar-refractivity contribution is -0.140. The molecule has 0 spiro atoms. The highest BCUT2D eigenvalue weighted by molar-refractivity contribution is 5.98. The van der Waals surface area contributed by atoms with Crippen molar-refractivity contribution in [3.05, 3.63) is 42.4 Å². The predicted octanol–water partition coefficient (Wildman–Crippen LogP) is 1.99. The fourth-order valence-electron chi connectivity index (χ4n) is 1.78. The normalized spacial score (nSPS) is 10.1. The SMILES string of the molecule is COC(=O)CCC(=O)c1ncc(-c2ccccn2)cc1O. The number of Topliss-reactive ketones (excluding diaryl/α,β-unsaturated/α-hetero) is 1. The van der Waals surface area contributed by atoms with Gasteiger partial charge < -0.3 is 9.84 Å². The van der Waals surface area contributed by atoms with Crippen LogP contribution in [0, 0.1) is 0 Å². The Balaban J connectivity index is 2.16. The number of hydrogen-bond acceptors (Lipinski definition) is 6. The van der Waals surface area contributed by atoms with E-state index in [2.05, 4.69) is 14.7 Å². The topological polar surface area (TPSA) is 89.4 Å². The van der Waals surface area contributed by atoms with Crippen LogP contribution < -0.4 is 0 Å². The van der Waals surface area contributed by atoms with Gasteiger partial charge in [-0.2, -0.15) is 0 Å². The summed E-state index contributed by atoms with van der Waals surface area (Å²) < 4.78 is 4.46. The fraction of sp³-hybridized carbons (Fsp3) is 0.200. The van der Waals surface area contributed by atoms with Crippen molar-refractivity contribution in [1.82, 2.24) is 9.97 Å². The number of rotatable bonds is 5.